The van der Waals surface area contributed by atoms with Crippen LogP contribution in [0.1, 0.15) is 54.8 Å². The molecule has 8 heteroatoms. The van der Waals surface area contributed by atoms with E-state index in [1.165, 1.54) is 11.3 Å². The van der Waals surface area contributed by atoms with Gasteiger partial charge in [-0.2, -0.15) is 5.10 Å². The van der Waals surface area contributed by atoms with E-state index in [9.17, 15) is 9.59 Å². The highest BCUT2D eigenvalue weighted by Crippen LogP contribution is 2.41. The summed E-state index contributed by atoms with van der Waals surface area (Å²) in [6.07, 6.45) is 10.4. The Morgan fingerprint density at radius 3 is 2.81 bits per heavy atom. The Morgan fingerprint density at radius 1 is 1.31 bits per heavy atom. The molecule has 4 rings (SSSR count). The SMILES string of the molecule is Cn1cc(C2CCCCN2C(=O)C(=O)NC(c2nccs2)C2CC2)cn1. The van der Waals surface area contributed by atoms with E-state index in [0.717, 1.165) is 42.7 Å². The molecule has 1 aliphatic carbocycles. The van der Waals surface area contributed by atoms with Gasteiger partial charge in [-0.3, -0.25) is 14.3 Å². The minimum atomic E-state index is -0.520. The molecule has 3 heterocycles. The number of carbonyl (C=O) groups excluding carboxylic acids is 2. The highest BCUT2D eigenvalue weighted by molar-refractivity contribution is 7.09. The lowest BCUT2D eigenvalue weighted by Crippen LogP contribution is -2.47. The summed E-state index contributed by atoms with van der Waals surface area (Å²) in [7, 11) is 1.86. The van der Waals surface area contributed by atoms with Gasteiger partial charge in [0.25, 0.3) is 0 Å². The highest BCUT2D eigenvalue weighted by Gasteiger charge is 2.38. The number of amides is 2. The van der Waals surface area contributed by atoms with Crippen LogP contribution in [0.4, 0.5) is 0 Å². The predicted molar refractivity (Wildman–Crippen MR) is 97.2 cm³/mol. The largest absolute Gasteiger partial charge is 0.338 e. The summed E-state index contributed by atoms with van der Waals surface area (Å²) >= 11 is 1.53. The van der Waals surface area contributed by atoms with E-state index in [1.807, 2.05) is 18.6 Å². The zero-order chi connectivity index (χ0) is 18.1. The van der Waals surface area contributed by atoms with Crippen molar-refractivity contribution in [1.82, 2.24) is 25.0 Å². The maximum atomic E-state index is 12.9. The van der Waals surface area contributed by atoms with Crippen molar-refractivity contribution < 1.29 is 9.59 Å². The fraction of sp³-hybridized carbons (Fsp3) is 0.556. The van der Waals surface area contributed by atoms with Gasteiger partial charge in [-0.25, -0.2) is 4.98 Å². The molecular formula is C18H23N5O2S. The van der Waals surface area contributed by atoms with Crippen LogP contribution in [-0.2, 0) is 16.6 Å². The quantitative estimate of drug-likeness (QED) is 0.833. The lowest BCUT2D eigenvalue weighted by Gasteiger charge is -2.35. The first-order valence-electron chi connectivity index (χ1n) is 9.13. The summed E-state index contributed by atoms with van der Waals surface area (Å²) in [6, 6.07) is -0.219. The van der Waals surface area contributed by atoms with Crippen LogP contribution in [0.15, 0.2) is 24.0 Å². The molecule has 26 heavy (non-hydrogen) atoms. The Bertz CT molecular complexity index is 783. The number of aromatic nitrogens is 3. The average Bonchev–Trinajstić information content (AvgIpc) is 3.16. The van der Waals surface area contributed by atoms with Gasteiger partial charge < -0.3 is 10.2 Å². The van der Waals surface area contributed by atoms with Gasteiger partial charge in [0.2, 0.25) is 0 Å². The molecule has 0 aromatic carbocycles. The van der Waals surface area contributed by atoms with Crippen molar-refractivity contribution in [2.24, 2.45) is 13.0 Å². The van der Waals surface area contributed by atoms with Crippen LogP contribution in [-0.4, -0.2) is 38.0 Å². The fourth-order valence-corrected chi connectivity index (χ4v) is 4.45. The van der Waals surface area contributed by atoms with Gasteiger partial charge in [-0.15, -0.1) is 11.3 Å². The van der Waals surface area contributed by atoms with Crippen LogP contribution in [0.25, 0.3) is 0 Å². The van der Waals surface area contributed by atoms with Gasteiger partial charge in [0, 0.05) is 36.9 Å². The molecule has 1 saturated carbocycles. The summed E-state index contributed by atoms with van der Waals surface area (Å²) < 4.78 is 1.73. The molecule has 138 valence electrons. The van der Waals surface area contributed by atoms with Crippen LogP contribution in [0.3, 0.4) is 0 Å². The van der Waals surface area contributed by atoms with E-state index in [0.29, 0.717) is 12.5 Å². The molecule has 0 bridgehead atoms. The van der Waals surface area contributed by atoms with Gasteiger partial charge in [-0.05, 0) is 38.0 Å². The standard InChI is InChI=1S/C18H23N5O2S/c1-22-11-13(10-20-22)14-4-2-3-8-23(14)18(25)16(24)21-15(12-5-6-12)17-19-7-9-26-17/h7,9-12,14-15H,2-6,8H2,1H3,(H,21,24). The van der Waals surface area contributed by atoms with E-state index >= 15 is 0 Å². The van der Waals surface area contributed by atoms with Crippen LogP contribution < -0.4 is 5.32 Å². The Labute approximate surface area is 156 Å². The second-order valence-electron chi connectivity index (χ2n) is 7.12. The van der Waals surface area contributed by atoms with E-state index < -0.39 is 11.8 Å². The molecule has 2 atom stereocenters. The zero-order valence-corrected chi connectivity index (χ0v) is 15.6. The zero-order valence-electron chi connectivity index (χ0n) is 14.8. The Balaban J connectivity index is 1.48. The van der Waals surface area contributed by atoms with Crippen molar-refractivity contribution in [3.05, 3.63) is 34.5 Å². The summed E-state index contributed by atoms with van der Waals surface area (Å²) in [4.78, 5) is 31.7. The molecule has 1 aliphatic heterocycles. The number of nitrogens with zero attached hydrogens (tertiary/aromatic N) is 4. The van der Waals surface area contributed by atoms with Gasteiger partial charge in [0.15, 0.2) is 0 Å². The minimum absolute atomic E-state index is 0.0741. The maximum absolute atomic E-state index is 12.9. The number of likely N-dealkylation sites (tertiary alicyclic amines) is 1. The molecule has 1 saturated heterocycles. The molecule has 2 unspecified atom stereocenters. The molecule has 0 radical (unpaired) electrons. The lowest BCUT2D eigenvalue weighted by atomic mass is 9.97. The van der Waals surface area contributed by atoms with Gasteiger partial charge in [0.05, 0.1) is 18.3 Å². The molecule has 2 aliphatic rings. The third-order valence-corrected chi connectivity index (χ3v) is 6.02. The van der Waals surface area contributed by atoms with E-state index in [2.05, 4.69) is 15.4 Å². The number of rotatable bonds is 4. The summed E-state index contributed by atoms with van der Waals surface area (Å²) in [6.45, 7) is 0.608. The smallest absolute Gasteiger partial charge is 0.312 e. The van der Waals surface area contributed by atoms with Crippen molar-refractivity contribution in [3.63, 3.8) is 0 Å². The molecule has 2 aromatic heterocycles. The Morgan fingerprint density at radius 2 is 2.15 bits per heavy atom. The van der Waals surface area contributed by atoms with Crippen molar-refractivity contribution in [2.75, 3.05) is 6.54 Å². The average molecular weight is 373 g/mol. The fourth-order valence-electron chi connectivity index (χ4n) is 3.67. The molecule has 7 nitrogen and oxygen atoms in total. The van der Waals surface area contributed by atoms with Crippen molar-refractivity contribution in [1.29, 1.82) is 0 Å². The van der Waals surface area contributed by atoms with E-state index in [1.54, 1.807) is 22.0 Å². The summed E-state index contributed by atoms with van der Waals surface area (Å²) in [5, 5.41) is 9.96. The third kappa shape index (κ3) is 3.51. The summed E-state index contributed by atoms with van der Waals surface area (Å²) in [5.41, 5.74) is 0.993. The van der Waals surface area contributed by atoms with Crippen molar-refractivity contribution in [3.8, 4) is 0 Å². The first-order chi connectivity index (χ1) is 12.6. The summed E-state index contributed by atoms with van der Waals surface area (Å²) in [5.74, 6) is -0.568. The lowest BCUT2D eigenvalue weighted by molar-refractivity contribution is -0.149. The Kier molecular flexibility index (Phi) is 4.76. The van der Waals surface area contributed by atoms with Crippen LogP contribution in [0.2, 0.25) is 0 Å². The monoisotopic (exact) mass is 373 g/mol. The topological polar surface area (TPSA) is 80.1 Å². The first kappa shape index (κ1) is 17.2. The second-order valence-corrected chi connectivity index (χ2v) is 8.04. The number of piperidine rings is 1. The van der Waals surface area contributed by atoms with Gasteiger partial charge in [-0.1, -0.05) is 0 Å². The number of hydrogen-bond acceptors (Lipinski definition) is 5. The van der Waals surface area contributed by atoms with Gasteiger partial charge in [0.1, 0.15) is 5.01 Å². The van der Waals surface area contributed by atoms with Crippen LogP contribution in [0.5, 0.6) is 0 Å². The number of thiazole rings is 1. The van der Waals surface area contributed by atoms with Crippen LogP contribution >= 0.6 is 11.3 Å². The minimum Gasteiger partial charge on any atom is -0.338 e. The highest BCUT2D eigenvalue weighted by atomic mass is 32.1. The van der Waals surface area contributed by atoms with Crippen molar-refractivity contribution >= 4 is 23.2 Å². The first-order valence-corrected chi connectivity index (χ1v) is 10.0. The van der Waals surface area contributed by atoms with E-state index in [4.69, 9.17) is 0 Å². The van der Waals surface area contributed by atoms with E-state index in [-0.39, 0.29) is 12.1 Å². The number of aryl methyl sites for hydroxylation is 1. The maximum Gasteiger partial charge on any atom is 0.312 e. The molecule has 1 N–H and O–H groups in total. The normalized spacial score (nSPS) is 21.4. The number of carbonyl (C=O) groups is 2. The molecule has 2 fully saturated rings. The molecule has 2 aromatic rings. The molecule has 0 spiro atoms. The predicted octanol–water partition coefficient (Wildman–Crippen LogP) is 2.20. The third-order valence-electron chi connectivity index (χ3n) is 5.17. The Hall–Kier alpha value is -2.22. The molecular weight excluding hydrogens is 350 g/mol. The second kappa shape index (κ2) is 7.19. The van der Waals surface area contributed by atoms with Crippen molar-refractivity contribution in [2.45, 2.75) is 44.2 Å². The molecule has 2 amide bonds. The van der Waals surface area contributed by atoms with Gasteiger partial charge >= 0.3 is 11.8 Å². The van der Waals surface area contributed by atoms with Crippen LogP contribution in [0, 0.1) is 5.92 Å². The number of hydrogen-bond donors (Lipinski definition) is 1. The number of nitrogens with one attached hydrogen (secondary N) is 1.